The van der Waals surface area contributed by atoms with Gasteiger partial charge in [0, 0.05) is 6.54 Å². The monoisotopic (exact) mass is 337 g/mol. The van der Waals surface area contributed by atoms with Crippen molar-refractivity contribution in [2.75, 3.05) is 6.54 Å². The van der Waals surface area contributed by atoms with Crippen LogP contribution in [0.1, 0.15) is 31.4 Å². The molecule has 0 fully saturated rings. The molecule has 8 heteroatoms. The van der Waals surface area contributed by atoms with Gasteiger partial charge in [-0.25, -0.2) is 8.42 Å². The third-order valence-corrected chi connectivity index (χ3v) is 5.11. The van der Waals surface area contributed by atoms with E-state index in [0.717, 1.165) is 18.2 Å². The number of carbonyl (C=O) groups excluding carboxylic acids is 1. The van der Waals surface area contributed by atoms with Crippen molar-refractivity contribution in [1.29, 1.82) is 0 Å². The van der Waals surface area contributed by atoms with Crippen LogP contribution in [0.25, 0.3) is 0 Å². The molecule has 1 N–H and O–H groups in total. The standard InChI is InChI=1S/C14H18F3NO3S/c1-3-7-18-13(19)10(2)22(20,21)9-11-5-4-6-12(8-11)14(15,16)17/h4-6,8,10H,3,7,9H2,1-2H3,(H,18,19). The van der Waals surface area contributed by atoms with Gasteiger partial charge in [-0.15, -0.1) is 0 Å². The molecule has 0 spiro atoms. The minimum atomic E-state index is -4.54. The van der Waals surface area contributed by atoms with Crippen LogP contribution in [-0.2, 0) is 26.6 Å². The van der Waals surface area contributed by atoms with Crippen LogP contribution in [0.3, 0.4) is 0 Å². The number of hydrogen-bond donors (Lipinski definition) is 1. The summed E-state index contributed by atoms with van der Waals surface area (Å²) in [6, 6.07) is 4.10. The predicted molar refractivity (Wildman–Crippen MR) is 76.8 cm³/mol. The zero-order valence-corrected chi connectivity index (χ0v) is 13.1. The number of sulfone groups is 1. The van der Waals surface area contributed by atoms with E-state index in [4.69, 9.17) is 0 Å². The fraction of sp³-hybridized carbons (Fsp3) is 0.500. The molecule has 1 atom stereocenters. The molecule has 1 unspecified atom stereocenters. The van der Waals surface area contributed by atoms with E-state index in [1.807, 2.05) is 6.92 Å². The van der Waals surface area contributed by atoms with Crippen LogP contribution in [0.15, 0.2) is 24.3 Å². The summed E-state index contributed by atoms with van der Waals surface area (Å²) in [5.41, 5.74) is -0.909. The summed E-state index contributed by atoms with van der Waals surface area (Å²) in [4.78, 5) is 11.7. The number of rotatable bonds is 6. The van der Waals surface area contributed by atoms with Crippen molar-refractivity contribution in [3.8, 4) is 0 Å². The van der Waals surface area contributed by atoms with Crippen LogP contribution in [0.4, 0.5) is 13.2 Å². The van der Waals surface area contributed by atoms with E-state index < -0.39 is 38.5 Å². The maximum atomic E-state index is 12.6. The number of hydrogen-bond acceptors (Lipinski definition) is 3. The van der Waals surface area contributed by atoms with Crippen LogP contribution in [0.2, 0.25) is 0 Å². The first kappa shape index (κ1) is 18.5. The number of halogens is 3. The average Bonchev–Trinajstić information content (AvgIpc) is 2.42. The van der Waals surface area contributed by atoms with Gasteiger partial charge in [0.25, 0.3) is 0 Å². The van der Waals surface area contributed by atoms with E-state index in [-0.39, 0.29) is 5.56 Å². The second-order valence-electron chi connectivity index (χ2n) is 4.94. The lowest BCUT2D eigenvalue weighted by Gasteiger charge is -2.14. The molecule has 0 aliphatic carbocycles. The Morgan fingerprint density at radius 3 is 2.50 bits per heavy atom. The topological polar surface area (TPSA) is 63.2 Å². The third-order valence-electron chi connectivity index (χ3n) is 3.08. The van der Waals surface area contributed by atoms with Crippen molar-refractivity contribution in [3.63, 3.8) is 0 Å². The maximum absolute atomic E-state index is 12.6. The molecule has 124 valence electrons. The Bertz CT molecular complexity index is 626. The van der Waals surface area contributed by atoms with E-state index >= 15 is 0 Å². The molecular weight excluding hydrogens is 319 g/mol. The molecule has 0 saturated heterocycles. The van der Waals surface area contributed by atoms with E-state index in [1.165, 1.54) is 13.0 Å². The zero-order chi connectivity index (χ0) is 17.0. The highest BCUT2D eigenvalue weighted by atomic mass is 32.2. The molecule has 1 aromatic carbocycles. The summed E-state index contributed by atoms with van der Waals surface area (Å²) in [6.45, 7) is 3.40. The van der Waals surface area contributed by atoms with Crippen LogP contribution in [0, 0.1) is 0 Å². The summed E-state index contributed by atoms with van der Waals surface area (Å²) in [6.07, 6.45) is -3.88. The van der Waals surface area contributed by atoms with Crippen LogP contribution in [-0.4, -0.2) is 26.1 Å². The second kappa shape index (κ2) is 7.13. The van der Waals surface area contributed by atoms with Crippen molar-refractivity contribution in [3.05, 3.63) is 35.4 Å². The minimum absolute atomic E-state index is 0.00460. The van der Waals surface area contributed by atoms with Gasteiger partial charge in [0.2, 0.25) is 5.91 Å². The Balaban J connectivity index is 2.91. The predicted octanol–water partition coefficient (Wildman–Crippen LogP) is 2.53. The summed E-state index contributed by atoms with van der Waals surface area (Å²) in [5.74, 6) is -1.26. The van der Waals surface area contributed by atoms with Gasteiger partial charge in [0.15, 0.2) is 9.84 Å². The average molecular weight is 337 g/mol. The van der Waals surface area contributed by atoms with Gasteiger partial charge in [0.05, 0.1) is 11.3 Å². The molecule has 22 heavy (non-hydrogen) atoms. The van der Waals surface area contributed by atoms with Crippen LogP contribution in [0.5, 0.6) is 0 Å². The first-order valence-corrected chi connectivity index (χ1v) is 8.45. The Morgan fingerprint density at radius 2 is 1.95 bits per heavy atom. The molecular formula is C14H18F3NO3S. The molecule has 4 nitrogen and oxygen atoms in total. The van der Waals surface area contributed by atoms with Crippen molar-refractivity contribution < 1.29 is 26.4 Å². The van der Waals surface area contributed by atoms with Crippen molar-refractivity contribution in [2.24, 2.45) is 0 Å². The molecule has 0 saturated carbocycles. The Morgan fingerprint density at radius 1 is 1.32 bits per heavy atom. The first-order valence-electron chi connectivity index (χ1n) is 6.73. The molecule has 1 aromatic rings. The summed E-state index contributed by atoms with van der Waals surface area (Å²) < 4.78 is 62.1. The lowest BCUT2D eigenvalue weighted by molar-refractivity contribution is -0.137. The molecule has 0 bridgehead atoms. The van der Waals surface area contributed by atoms with Crippen molar-refractivity contribution >= 4 is 15.7 Å². The number of amides is 1. The fourth-order valence-electron chi connectivity index (χ4n) is 1.75. The minimum Gasteiger partial charge on any atom is -0.355 e. The summed E-state index contributed by atoms with van der Waals surface area (Å²) >= 11 is 0. The molecule has 1 amide bonds. The van der Waals surface area contributed by atoms with E-state index in [9.17, 15) is 26.4 Å². The molecule has 0 aromatic heterocycles. The smallest absolute Gasteiger partial charge is 0.355 e. The number of carbonyl (C=O) groups is 1. The van der Waals surface area contributed by atoms with E-state index in [0.29, 0.717) is 13.0 Å². The maximum Gasteiger partial charge on any atom is 0.416 e. The molecule has 0 heterocycles. The van der Waals surface area contributed by atoms with Gasteiger partial charge >= 0.3 is 6.18 Å². The van der Waals surface area contributed by atoms with E-state index in [2.05, 4.69) is 5.32 Å². The fourth-order valence-corrected chi connectivity index (χ4v) is 3.05. The first-order chi connectivity index (χ1) is 10.1. The number of alkyl halides is 3. The molecule has 0 radical (unpaired) electrons. The highest BCUT2D eigenvalue weighted by Crippen LogP contribution is 2.30. The van der Waals surface area contributed by atoms with Crippen molar-refractivity contribution in [1.82, 2.24) is 5.32 Å². The summed E-state index contributed by atoms with van der Waals surface area (Å²) in [5, 5.41) is 1.15. The third kappa shape index (κ3) is 5.01. The Kier molecular flexibility index (Phi) is 5.99. The highest BCUT2D eigenvalue weighted by molar-refractivity contribution is 7.92. The number of benzene rings is 1. The largest absolute Gasteiger partial charge is 0.416 e. The highest BCUT2D eigenvalue weighted by Gasteiger charge is 2.32. The normalized spacial score (nSPS) is 13.7. The SMILES string of the molecule is CCCNC(=O)C(C)S(=O)(=O)Cc1cccc(C(F)(F)F)c1. The zero-order valence-electron chi connectivity index (χ0n) is 12.3. The van der Waals surface area contributed by atoms with Gasteiger partial charge in [-0.2, -0.15) is 13.2 Å². The van der Waals surface area contributed by atoms with Gasteiger partial charge in [0.1, 0.15) is 5.25 Å². The van der Waals surface area contributed by atoms with Gasteiger partial charge in [-0.3, -0.25) is 4.79 Å². The lowest BCUT2D eigenvalue weighted by Crippen LogP contribution is -2.38. The Hall–Kier alpha value is -1.57. The molecule has 0 aliphatic rings. The van der Waals surface area contributed by atoms with Crippen molar-refractivity contribution in [2.45, 2.75) is 37.4 Å². The molecule has 0 aliphatic heterocycles. The second-order valence-corrected chi connectivity index (χ2v) is 7.26. The Labute approximate surface area is 127 Å². The lowest BCUT2D eigenvalue weighted by atomic mass is 10.1. The van der Waals surface area contributed by atoms with Gasteiger partial charge in [-0.1, -0.05) is 25.1 Å². The van der Waals surface area contributed by atoms with Crippen LogP contribution >= 0.6 is 0 Å². The van der Waals surface area contributed by atoms with Gasteiger partial charge < -0.3 is 5.32 Å². The molecule has 1 rings (SSSR count). The van der Waals surface area contributed by atoms with Gasteiger partial charge in [-0.05, 0) is 25.0 Å². The quantitative estimate of drug-likeness (QED) is 0.868. The number of nitrogens with one attached hydrogen (secondary N) is 1. The van der Waals surface area contributed by atoms with E-state index in [1.54, 1.807) is 0 Å². The summed E-state index contributed by atoms with van der Waals surface area (Å²) in [7, 11) is -3.88. The van der Waals surface area contributed by atoms with Crippen LogP contribution < -0.4 is 5.32 Å².